The number of nitrogens with two attached hydrogens (primary N) is 1. The third-order valence-electron chi connectivity index (χ3n) is 2.08. The molecule has 0 saturated carbocycles. The molecular weight excluding hydrogens is 182 g/mol. The summed E-state index contributed by atoms with van der Waals surface area (Å²) in [5, 5.41) is 8.80. The molecule has 1 heterocycles. The number of nitrogen functional groups attached to an aromatic ring is 1. The molecule has 78 valence electrons. The van der Waals surface area contributed by atoms with Crippen LogP contribution >= 0.6 is 0 Å². The van der Waals surface area contributed by atoms with Crippen molar-refractivity contribution < 1.29 is 4.79 Å². The van der Waals surface area contributed by atoms with Crippen molar-refractivity contribution in [1.82, 2.24) is 20.5 Å². The molecule has 6 nitrogen and oxygen atoms in total. The van der Waals surface area contributed by atoms with Crippen molar-refractivity contribution in [3.63, 3.8) is 0 Å². The highest BCUT2D eigenvalue weighted by molar-refractivity contribution is 5.90. The molecule has 1 aromatic heterocycles. The molecule has 1 rings (SSSR count). The Balaban J connectivity index is 2.59. The summed E-state index contributed by atoms with van der Waals surface area (Å²) in [6, 6.07) is 0.0915. The van der Waals surface area contributed by atoms with Crippen molar-refractivity contribution >= 4 is 11.9 Å². The van der Waals surface area contributed by atoms with Gasteiger partial charge in [-0.25, -0.2) is 0 Å². The Hall–Kier alpha value is -1.59. The molecule has 0 bridgehead atoms. The van der Waals surface area contributed by atoms with E-state index in [0.717, 1.165) is 0 Å². The lowest BCUT2D eigenvalue weighted by molar-refractivity contribution is 0.0920. The van der Waals surface area contributed by atoms with Crippen LogP contribution < -0.4 is 11.1 Å². The van der Waals surface area contributed by atoms with Crippen LogP contribution in [0.5, 0.6) is 0 Å². The third-order valence-corrected chi connectivity index (χ3v) is 2.08. The molecular formula is C8H15N5O. The SMILES string of the molecule is CC(C)C(C)NC(=O)c1nc(N)n[nH]1. The minimum absolute atomic E-state index is 0.0763. The first kappa shape index (κ1) is 10.5. The van der Waals surface area contributed by atoms with Crippen LogP contribution in [-0.2, 0) is 0 Å². The Labute approximate surface area is 82.3 Å². The zero-order valence-electron chi connectivity index (χ0n) is 8.53. The van der Waals surface area contributed by atoms with Crippen LogP contribution in [0.2, 0.25) is 0 Å². The smallest absolute Gasteiger partial charge is 0.288 e. The van der Waals surface area contributed by atoms with E-state index < -0.39 is 0 Å². The van der Waals surface area contributed by atoms with Crippen molar-refractivity contribution in [3.05, 3.63) is 5.82 Å². The highest BCUT2D eigenvalue weighted by atomic mass is 16.2. The fourth-order valence-electron chi connectivity index (χ4n) is 0.818. The molecule has 0 aromatic carbocycles. The number of aromatic amines is 1. The summed E-state index contributed by atoms with van der Waals surface area (Å²) in [5.41, 5.74) is 5.27. The first-order valence-corrected chi connectivity index (χ1v) is 4.49. The predicted molar refractivity (Wildman–Crippen MR) is 52.6 cm³/mol. The zero-order valence-corrected chi connectivity index (χ0v) is 8.53. The maximum absolute atomic E-state index is 11.5. The van der Waals surface area contributed by atoms with Gasteiger partial charge in [0.25, 0.3) is 5.91 Å². The average Bonchev–Trinajstić information content (AvgIpc) is 2.51. The number of hydrogen-bond acceptors (Lipinski definition) is 4. The number of carbonyl (C=O) groups excluding carboxylic acids is 1. The van der Waals surface area contributed by atoms with Crippen molar-refractivity contribution in [2.75, 3.05) is 5.73 Å². The third kappa shape index (κ3) is 2.45. The second-order valence-electron chi connectivity index (χ2n) is 3.55. The van der Waals surface area contributed by atoms with Gasteiger partial charge in [0.2, 0.25) is 11.8 Å². The highest BCUT2D eigenvalue weighted by Gasteiger charge is 2.15. The van der Waals surface area contributed by atoms with E-state index >= 15 is 0 Å². The van der Waals surface area contributed by atoms with Gasteiger partial charge in [-0.2, -0.15) is 4.98 Å². The van der Waals surface area contributed by atoms with Gasteiger partial charge in [-0.1, -0.05) is 13.8 Å². The average molecular weight is 197 g/mol. The fraction of sp³-hybridized carbons (Fsp3) is 0.625. The zero-order chi connectivity index (χ0) is 10.7. The van der Waals surface area contributed by atoms with E-state index in [2.05, 4.69) is 20.5 Å². The van der Waals surface area contributed by atoms with E-state index in [4.69, 9.17) is 5.73 Å². The van der Waals surface area contributed by atoms with Gasteiger partial charge in [0.05, 0.1) is 0 Å². The molecule has 0 spiro atoms. The molecule has 0 aliphatic heterocycles. The van der Waals surface area contributed by atoms with Crippen LogP contribution in [0, 0.1) is 5.92 Å². The highest BCUT2D eigenvalue weighted by Crippen LogP contribution is 2.01. The minimum atomic E-state index is -0.282. The van der Waals surface area contributed by atoms with E-state index in [1.165, 1.54) is 0 Å². The van der Waals surface area contributed by atoms with Gasteiger partial charge >= 0.3 is 0 Å². The van der Waals surface area contributed by atoms with Crippen LogP contribution in [0.3, 0.4) is 0 Å². The second kappa shape index (κ2) is 4.08. The Morgan fingerprint density at radius 1 is 1.50 bits per heavy atom. The van der Waals surface area contributed by atoms with Gasteiger partial charge in [0.1, 0.15) is 0 Å². The van der Waals surface area contributed by atoms with Crippen LogP contribution in [0.25, 0.3) is 0 Å². The Morgan fingerprint density at radius 2 is 2.14 bits per heavy atom. The van der Waals surface area contributed by atoms with Crippen LogP contribution in [-0.4, -0.2) is 27.1 Å². The lowest BCUT2D eigenvalue weighted by Crippen LogP contribution is -2.36. The predicted octanol–water partition coefficient (Wildman–Crippen LogP) is 0.161. The lowest BCUT2D eigenvalue weighted by Gasteiger charge is -2.15. The molecule has 6 heteroatoms. The number of hydrogen-bond donors (Lipinski definition) is 3. The van der Waals surface area contributed by atoms with Crippen molar-refractivity contribution in [2.45, 2.75) is 26.8 Å². The Bertz CT molecular complexity index is 319. The second-order valence-corrected chi connectivity index (χ2v) is 3.55. The van der Waals surface area contributed by atoms with E-state index in [9.17, 15) is 4.79 Å². The van der Waals surface area contributed by atoms with Crippen molar-refractivity contribution in [3.8, 4) is 0 Å². The van der Waals surface area contributed by atoms with Gasteiger partial charge in [-0.15, -0.1) is 5.10 Å². The molecule has 4 N–H and O–H groups in total. The van der Waals surface area contributed by atoms with Crippen LogP contribution in [0.4, 0.5) is 5.95 Å². The van der Waals surface area contributed by atoms with Crippen molar-refractivity contribution in [1.29, 1.82) is 0 Å². The number of carbonyl (C=O) groups is 1. The van der Waals surface area contributed by atoms with Gasteiger partial charge in [0.15, 0.2) is 0 Å². The largest absolute Gasteiger partial charge is 0.366 e. The first-order chi connectivity index (χ1) is 6.50. The van der Waals surface area contributed by atoms with E-state index in [0.29, 0.717) is 5.92 Å². The number of nitrogens with one attached hydrogen (secondary N) is 2. The molecule has 0 saturated heterocycles. The van der Waals surface area contributed by atoms with E-state index in [-0.39, 0.29) is 23.7 Å². The normalized spacial score (nSPS) is 12.9. The topological polar surface area (TPSA) is 96.7 Å². The molecule has 1 amide bonds. The molecule has 0 radical (unpaired) electrons. The number of nitrogens with zero attached hydrogens (tertiary/aromatic N) is 2. The molecule has 0 aliphatic rings. The Kier molecular flexibility index (Phi) is 3.06. The van der Waals surface area contributed by atoms with Crippen molar-refractivity contribution in [2.24, 2.45) is 5.92 Å². The molecule has 1 unspecified atom stereocenters. The monoisotopic (exact) mass is 197 g/mol. The quantitative estimate of drug-likeness (QED) is 0.643. The summed E-state index contributed by atoms with van der Waals surface area (Å²) in [4.78, 5) is 15.2. The number of amides is 1. The molecule has 0 fully saturated rings. The molecule has 1 aromatic rings. The van der Waals surface area contributed by atoms with Gasteiger partial charge < -0.3 is 11.1 Å². The number of H-pyrrole nitrogens is 1. The number of anilines is 1. The Morgan fingerprint density at radius 3 is 2.57 bits per heavy atom. The summed E-state index contributed by atoms with van der Waals surface area (Å²) in [6.07, 6.45) is 0. The summed E-state index contributed by atoms with van der Waals surface area (Å²) in [5.74, 6) is 0.317. The summed E-state index contributed by atoms with van der Waals surface area (Å²) >= 11 is 0. The summed E-state index contributed by atoms with van der Waals surface area (Å²) in [7, 11) is 0. The molecule has 0 aliphatic carbocycles. The molecule has 14 heavy (non-hydrogen) atoms. The first-order valence-electron chi connectivity index (χ1n) is 4.49. The minimum Gasteiger partial charge on any atom is -0.366 e. The molecule has 1 atom stereocenters. The van der Waals surface area contributed by atoms with Gasteiger partial charge in [-0.05, 0) is 12.8 Å². The number of rotatable bonds is 3. The standard InChI is InChI=1S/C8H15N5O/c1-4(2)5(3)10-7(14)6-11-8(9)13-12-6/h4-5H,1-3H3,(H,10,14)(H3,9,11,12,13). The maximum atomic E-state index is 11.5. The summed E-state index contributed by atoms with van der Waals surface area (Å²) in [6.45, 7) is 5.99. The van der Waals surface area contributed by atoms with Gasteiger partial charge in [-0.3, -0.25) is 9.89 Å². The fourth-order valence-corrected chi connectivity index (χ4v) is 0.818. The number of aromatic nitrogens is 3. The van der Waals surface area contributed by atoms with Gasteiger partial charge in [0, 0.05) is 6.04 Å². The summed E-state index contributed by atoms with van der Waals surface area (Å²) < 4.78 is 0. The van der Waals surface area contributed by atoms with Crippen LogP contribution in [0.1, 0.15) is 31.4 Å². The lowest BCUT2D eigenvalue weighted by atomic mass is 10.1. The van der Waals surface area contributed by atoms with E-state index in [1.54, 1.807) is 0 Å². The van der Waals surface area contributed by atoms with Crippen LogP contribution in [0.15, 0.2) is 0 Å². The van der Waals surface area contributed by atoms with E-state index in [1.807, 2.05) is 20.8 Å². The maximum Gasteiger partial charge on any atom is 0.288 e.